The largest absolute Gasteiger partial charge is 0.291 e. The highest BCUT2D eigenvalue weighted by molar-refractivity contribution is 7.20. The Balaban J connectivity index is 1.88. The summed E-state index contributed by atoms with van der Waals surface area (Å²) in [6.07, 6.45) is 0.419. The molecule has 0 aliphatic heterocycles. The second kappa shape index (κ2) is 5.17. The predicted octanol–water partition coefficient (Wildman–Crippen LogP) is 4.34. The number of rotatable bonds is 3. The van der Waals surface area contributed by atoms with E-state index in [0.29, 0.717) is 11.4 Å². The van der Waals surface area contributed by atoms with Crippen molar-refractivity contribution in [3.05, 3.63) is 64.2 Å². The summed E-state index contributed by atoms with van der Waals surface area (Å²) in [5.74, 6) is 0.0937. The van der Waals surface area contributed by atoms with Gasteiger partial charge in [-0.25, -0.2) is 4.98 Å². The molecule has 0 spiro atoms. The first-order valence-electron chi connectivity index (χ1n) is 6.58. The normalized spacial score (nSPS) is 10.9. The number of hydrogen-bond acceptors (Lipinski definition) is 3. The van der Waals surface area contributed by atoms with Crippen LogP contribution in [0.3, 0.4) is 0 Å². The van der Waals surface area contributed by atoms with Crippen LogP contribution in [-0.4, -0.2) is 10.8 Å². The van der Waals surface area contributed by atoms with E-state index in [2.05, 4.69) is 37.0 Å². The molecule has 20 heavy (non-hydrogen) atoms. The van der Waals surface area contributed by atoms with Crippen LogP contribution in [0.2, 0.25) is 0 Å². The summed E-state index contributed by atoms with van der Waals surface area (Å²) in [5, 5.41) is 0.602. The number of fused-ring (bicyclic) bond motifs is 1. The standard InChI is InChI=1S/C17H15NOS/c1-11-7-12(2)9-13(8-11)10-15(19)17-18-14-5-3-4-6-16(14)20-17/h3-9H,10H2,1-2H3. The van der Waals surface area contributed by atoms with Gasteiger partial charge in [-0.1, -0.05) is 41.5 Å². The Morgan fingerprint density at radius 1 is 1.10 bits per heavy atom. The summed E-state index contributed by atoms with van der Waals surface area (Å²) in [6.45, 7) is 4.11. The van der Waals surface area contributed by atoms with Gasteiger partial charge in [0.2, 0.25) is 0 Å². The molecule has 1 heterocycles. The summed E-state index contributed by atoms with van der Waals surface area (Å²) < 4.78 is 1.07. The van der Waals surface area contributed by atoms with E-state index in [1.54, 1.807) is 0 Å². The third-order valence-corrected chi connectivity index (χ3v) is 4.26. The molecule has 3 rings (SSSR count). The van der Waals surface area contributed by atoms with Crippen molar-refractivity contribution < 1.29 is 4.79 Å². The molecule has 0 aliphatic carbocycles. The topological polar surface area (TPSA) is 30.0 Å². The number of thiazole rings is 1. The van der Waals surface area contributed by atoms with Crippen molar-refractivity contribution in [2.24, 2.45) is 0 Å². The molecule has 3 heteroatoms. The molecular formula is C17H15NOS. The maximum atomic E-state index is 12.4. The molecule has 0 bridgehead atoms. The Kier molecular flexibility index (Phi) is 3.36. The molecule has 1 aromatic heterocycles. The van der Waals surface area contributed by atoms with Crippen LogP contribution in [-0.2, 0) is 6.42 Å². The zero-order valence-electron chi connectivity index (χ0n) is 11.5. The van der Waals surface area contributed by atoms with Crippen LogP contribution in [0.15, 0.2) is 42.5 Å². The van der Waals surface area contributed by atoms with Crippen LogP contribution < -0.4 is 0 Å². The Morgan fingerprint density at radius 2 is 1.80 bits per heavy atom. The number of Topliss-reactive ketones (excluding diaryl/α,β-unsaturated/α-hetero) is 1. The van der Waals surface area contributed by atoms with Crippen molar-refractivity contribution in [1.29, 1.82) is 0 Å². The SMILES string of the molecule is Cc1cc(C)cc(CC(=O)c2nc3ccccc3s2)c1. The van der Waals surface area contributed by atoms with Crippen LogP contribution in [0, 0.1) is 13.8 Å². The quantitative estimate of drug-likeness (QED) is 0.668. The maximum Gasteiger partial charge on any atom is 0.195 e. The first kappa shape index (κ1) is 13.0. The van der Waals surface area contributed by atoms with E-state index in [0.717, 1.165) is 15.8 Å². The molecule has 0 aliphatic rings. The molecule has 0 saturated carbocycles. The zero-order valence-corrected chi connectivity index (χ0v) is 12.3. The van der Waals surface area contributed by atoms with Gasteiger partial charge in [0.15, 0.2) is 10.8 Å². The number of carbonyl (C=O) groups is 1. The summed E-state index contributed by atoms with van der Waals surface area (Å²) in [4.78, 5) is 16.8. The fourth-order valence-corrected chi connectivity index (χ4v) is 3.33. The van der Waals surface area contributed by atoms with Gasteiger partial charge >= 0.3 is 0 Å². The Hall–Kier alpha value is -2.00. The van der Waals surface area contributed by atoms with Crippen LogP contribution in [0.1, 0.15) is 26.5 Å². The van der Waals surface area contributed by atoms with Crippen molar-refractivity contribution in [3.63, 3.8) is 0 Å². The van der Waals surface area contributed by atoms with Gasteiger partial charge in [0.25, 0.3) is 0 Å². The first-order chi connectivity index (χ1) is 9.61. The smallest absolute Gasteiger partial charge is 0.195 e. The van der Waals surface area contributed by atoms with E-state index in [1.165, 1.54) is 22.5 Å². The minimum Gasteiger partial charge on any atom is -0.291 e. The number of ketones is 1. The summed E-state index contributed by atoms with van der Waals surface area (Å²) in [6, 6.07) is 14.1. The maximum absolute atomic E-state index is 12.4. The van der Waals surface area contributed by atoms with Crippen molar-refractivity contribution >= 4 is 27.3 Å². The van der Waals surface area contributed by atoms with Crippen LogP contribution in [0.25, 0.3) is 10.2 Å². The van der Waals surface area contributed by atoms with Gasteiger partial charge in [0.1, 0.15) is 0 Å². The zero-order chi connectivity index (χ0) is 14.1. The Morgan fingerprint density at radius 3 is 2.50 bits per heavy atom. The second-order valence-electron chi connectivity index (χ2n) is 5.08. The first-order valence-corrected chi connectivity index (χ1v) is 7.39. The van der Waals surface area contributed by atoms with Gasteiger partial charge in [-0.05, 0) is 31.5 Å². The molecule has 100 valence electrons. The van der Waals surface area contributed by atoms with Gasteiger partial charge in [0, 0.05) is 6.42 Å². The Bertz CT molecular complexity index is 735. The average Bonchev–Trinajstić information content (AvgIpc) is 2.81. The lowest BCUT2D eigenvalue weighted by atomic mass is 10.0. The van der Waals surface area contributed by atoms with Crippen LogP contribution in [0.5, 0.6) is 0 Å². The second-order valence-corrected chi connectivity index (χ2v) is 6.11. The van der Waals surface area contributed by atoms with E-state index in [9.17, 15) is 4.79 Å². The molecule has 0 N–H and O–H groups in total. The van der Waals surface area contributed by atoms with Gasteiger partial charge in [-0.2, -0.15) is 0 Å². The fourth-order valence-electron chi connectivity index (χ4n) is 2.42. The number of para-hydroxylation sites is 1. The molecule has 0 amide bonds. The van der Waals surface area contributed by atoms with Crippen LogP contribution >= 0.6 is 11.3 Å². The molecule has 2 aromatic carbocycles. The minimum atomic E-state index is 0.0937. The monoisotopic (exact) mass is 281 g/mol. The molecule has 0 atom stereocenters. The number of hydrogen-bond donors (Lipinski definition) is 0. The summed E-state index contributed by atoms with van der Waals surface area (Å²) >= 11 is 1.47. The Labute approximate surface area is 122 Å². The summed E-state index contributed by atoms with van der Waals surface area (Å²) in [5.41, 5.74) is 4.35. The van der Waals surface area contributed by atoms with Crippen LogP contribution in [0.4, 0.5) is 0 Å². The van der Waals surface area contributed by atoms with Crippen molar-refractivity contribution in [1.82, 2.24) is 4.98 Å². The summed E-state index contributed by atoms with van der Waals surface area (Å²) in [7, 11) is 0. The van der Waals surface area contributed by atoms with Gasteiger partial charge in [-0.15, -0.1) is 11.3 Å². The number of nitrogens with zero attached hydrogens (tertiary/aromatic N) is 1. The molecule has 3 aromatic rings. The van der Waals surface area contributed by atoms with Gasteiger partial charge in [0.05, 0.1) is 10.2 Å². The molecule has 0 unspecified atom stereocenters. The number of aromatic nitrogens is 1. The lowest BCUT2D eigenvalue weighted by molar-refractivity contribution is 0.0993. The number of aryl methyl sites for hydroxylation is 2. The molecule has 2 nitrogen and oxygen atoms in total. The lowest BCUT2D eigenvalue weighted by Gasteiger charge is -2.03. The van der Waals surface area contributed by atoms with E-state index in [4.69, 9.17) is 0 Å². The number of benzene rings is 2. The fraction of sp³-hybridized carbons (Fsp3) is 0.176. The lowest BCUT2D eigenvalue weighted by Crippen LogP contribution is -2.03. The van der Waals surface area contributed by atoms with Crippen molar-refractivity contribution in [3.8, 4) is 0 Å². The molecule has 0 saturated heterocycles. The average molecular weight is 281 g/mol. The highest BCUT2D eigenvalue weighted by Crippen LogP contribution is 2.23. The van der Waals surface area contributed by atoms with Crippen molar-refractivity contribution in [2.45, 2.75) is 20.3 Å². The third kappa shape index (κ3) is 2.63. The molecule has 0 fully saturated rings. The van der Waals surface area contributed by atoms with E-state index in [-0.39, 0.29) is 5.78 Å². The third-order valence-electron chi connectivity index (χ3n) is 3.18. The highest BCUT2D eigenvalue weighted by Gasteiger charge is 2.13. The van der Waals surface area contributed by atoms with E-state index in [1.807, 2.05) is 24.3 Å². The van der Waals surface area contributed by atoms with E-state index < -0.39 is 0 Å². The van der Waals surface area contributed by atoms with Crippen molar-refractivity contribution in [2.75, 3.05) is 0 Å². The highest BCUT2D eigenvalue weighted by atomic mass is 32.1. The predicted molar refractivity (Wildman–Crippen MR) is 83.6 cm³/mol. The molecular weight excluding hydrogens is 266 g/mol. The minimum absolute atomic E-state index is 0.0937. The molecule has 0 radical (unpaired) electrons. The van der Waals surface area contributed by atoms with E-state index >= 15 is 0 Å². The number of carbonyl (C=O) groups excluding carboxylic acids is 1. The van der Waals surface area contributed by atoms with Gasteiger partial charge in [-0.3, -0.25) is 4.79 Å². The van der Waals surface area contributed by atoms with Gasteiger partial charge < -0.3 is 0 Å².